The number of nitrogens with zero attached hydrogens (tertiary/aromatic N) is 6. The molecule has 0 atom stereocenters. The largest absolute Gasteiger partial charge is 0.486 e. The molecule has 3 N–H and O–H groups in total. The smallest absolute Gasteiger partial charge is 0.207 e. The summed E-state index contributed by atoms with van der Waals surface area (Å²) in [6.07, 6.45) is 7.21. The maximum atomic E-state index is 9.87. The Bertz CT molecular complexity index is 953. The summed E-state index contributed by atoms with van der Waals surface area (Å²) < 4.78 is 65.8. The van der Waals surface area contributed by atoms with Crippen LogP contribution in [0.4, 0.5) is 25.2 Å². The second kappa shape index (κ2) is 10.1. The van der Waals surface area contributed by atoms with Crippen molar-refractivity contribution in [3.63, 3.8) is 0 Å². The van der Waals surface area contributed by atoms with Gasteiger partial charge in [-0.3, -0.25) is 0 Å². The summed E-state index contributed by atoms with van der Waals surface area (Å²) in [6, 6.07) is 7.90. The third-order valence-corrected chi connectivity index (χ3v) is 7.78. The first-order valence-corrected chi connectivity index (χ1v) is 15.5. The number of hydrazine groups is 3. The topological polar surface area (TPSA) is 85.7 Å². The van der Waals surface area contributed by atoms with Crippen molar-refractivity contribution >= 4 is 26.8 Å². The molecule has 5 rings (SSSR count). The number of hydrogen-bond donors (Lipinski definition) is 3. The molecular weight excluding hydrogens is 534 g/mol. The standard InChI is InChI=1S/C18H31N9OP.F6P/c1-2-10-18-17(9-1)19-20-27(18)28-29(21-24-11-3-4-12-24,22-25-13-5-6-14-25)23-26-15-7-8-16-26;1-7(2,3,4,5)6/h1-2,9-10,21-23H,3-8,11-16H2;/q+1;-1. The predicted octanol–water partition coefficient (Wildman–Crippen LogP) is 4.72. The number of nitrogens with one attached hydrogen (secondary N) is 3. The summed E-state index contributed by atoms with van der Waals surface area (Å²) >= 11 is 0. The molecule has 0 radical (unpaired) electrons. The van der Waals surface area contributed by atoms with Crippen LogP contribution in [-0.4, -0.2) is 69.5 Å². The zero-order chi connectivity index (χ0) is 25.9. The van der Waals surface area contributed by atoms with Gasteiger partial charge < -0.3 is 0 Å². The normalized spacial score (nSPS) is 22.4. The van der Waals surface area contributed by atoms with E-state index in [9.17, 15) is 25.2 Å². The number of halogens is 6. The number of benzene rings is 1. The summed E-state index contributed by atoms with van der Waals surface area (Å²) in [5.74, 6) is 0. The van der Waals surface area contributed by atoms with Crippen LogP contribution in [0.25, 0.3) is 11.0 Å². The SMILES string of the molecule is F[P-](F)(F)(F)(F)F.c1ccc2c(c1)nnn2O[P+](NN1CCCC1)(NN1CCCC1)NN1CCCC1. The van der Waals surface area contributed by atoms with Crippen molar-refractivity contribution in [1.82, 2.24) is 45.8 Å². The summed E-state index contributed by atoms with van der Waals surface area (Å²) in [6.45, 7) is 6.12. The summed E-state index contributed by atoms with van der Waals surface area (Å²) in [4.78, 5) is 1.57. The van der Waals surface area contributed by atoms with Crippen LogP contribution in [-0.2, 0) is 0 Å². The molecule has 0 saturated carbocycles. The molecule has 0 aliphatic carbocycles. The second-order valence-electron chi connectivity index (χ2n) is 8.98. The molecule has 3 aliphatic heterocycles. The summed E-state index contributed by atoms with van der Waals surface area (Å²) in [5, 5.41) is 26.6. The van der Waals surface area contributed by atoms with Crippen molar-refractivity contribution in [3.8, 4) is 0 Å². The molecule has 0 unspecified atom stereocenters. The van der Waals surface area contributed by atoms with E-state index in [1.165, 1.54) is 38.5 Å². The van der Waals surface area contributed by atoms with E-state index < -0.39 is 15.8 Å². The van der Waals surface area contributed by atoms with Crippen LogP contribution in [0.3, 0.4) is 0 Å². The first-order valence-electron chi connectivity index (χ1n) is 11.8. The molecule has 0 amide bonds. The van der Waals surface area contributed by atoms with Gasteiger partial charge in [-0.2, -0.15) is 4.62 Å². The maximum absolute atomic E-state index is 10.7. The van der Waals surface area contributed by atoms with Crippen LogP contribution in [0.2, 0.25) is 0 Å². The number of rotatable bonds is 8. The molecular formula is C18H31F6N9OP2. The third-order valence-electron chi connectivity index (χ3n) is 5.69. The zero-order valence-corrected chi connectivity index (χ0v) is 21.3. The number of hydrogen-bond acceptors (Lipinski definition) is 9. The van der Waals surface area contributed by atoms with Crippen molar-refractivity contribution in [3.05, 3.63) is 24.3 Å². The quantitative estimate of drug-likeness (QED) is 0.311. The van der Waals surface area contributed by atoms with Crippen molar-refractivity contribution in [2.75, 3.05) is 39.3 Å². The van der Waals surface area contributed by atoms with Gasteiger partial charge >= 0.3 is 40.9 Å². The average molecular weight is 565 g/mol. The van der Waals surface area contributed by atoms with Gasteiger partial charge in [0.2, 0.25) is 0 Å². The van der Waals surface area contributed by atoms with E-state index >= 15 is 0 Å². The minimum Gasteiger partial charge on any atom is -0.207 e. The van der Waals surface area contributed by atoms with Gasteiger partial charge in [-0.15, -0.1) is 5.10 Å². The second-order valence-corrected chi connectivity index (χ2v) is 12.9. The monoisotopic (exact) mass is 565 g/mol. The molecule has 206 valence electrons. The van der Waals surface area contributed by atoms with E-state index in [4.69, 9.17) is 4.62 Å². The number of para-hydroxylation sites is 1. The van der Waals surface area contributed by atoms with E-state index in [1.807, 2.05) is 24.3 Å². The van der Waals surface area contributed by atoms with Crippen molar-refractivity contribution in [2.24, 2.45) is 0 Å². The third kappa shape index (κ3) is 9.18. The van der Waals surface area contributed by atoms with E-state index in [2.05, 4.69) is 40.9 Å². The molecule has 2 aromatic rings. The molecule has 10 nitrogen and oxygen atoms in total. The molecule has 0 bridgehead atoms. The van der Waals surface area contributed by atoms with Gasteiger partial charge in [0.15, 0.2) is 0 Å². The van der Waals surface area contributed by atoms with Crippen LogP contribution >= 0.6 is 15.8 Å². The Hall–Kier alpha value is -1.38. The van der Waals surface area contributed by atoms with Gasteiger partial charge in [-0.05, 0) is 60.7 Å². The molecule has 36 heavy (non-hydrogen) atoms. The molecule has 1 aromatic heterocycles. The number of fused-ring (bicyclic) bond motifs is 1. The van der Waals surface area contributed by atoms with Gasteiger partial charge in [0.25, 0.3) is 0 Å². The Balaban J connectivity index is 0.000000384. The van der Waals surface area contributed by atoms with E-state index in [-0.39, 0.29) is 0 Å². The van der Waals surface area contributed by atoms with E-state index in [0.717, 1.165) is 50.3 Å². The van der Waals surface area contributed by atoms with Crippen LogP contribution < -0.4 is 20.2 Å². The Morgan fingerprint density at radius 1 is 0.694 bits per heavy atom. The number of aromatic nitrogens is 3. The molecule has 3 aliphatic rings. The van der Waals surface area contributed by atoms with Gasteiger partial charge in [0.1, 0.15) is 11.0 Å². The van der Waals surface area contributed by atoms with Gasteiger partial charge in [0.05, 0.1) is 0 Å². The Kier molecular flexibility index (Phi) is 7.73. The van der Waals surface area contributed by atoms with Crippen LogP contribution in [0.15, 0.2) is 24.3 Å². The van der Waals surface area contributed by atoms with Crippen LogP contribution in [0.1, 0.15) is 38.5 Å². The van der Waals surface area contributed by atoms with Crippen molar-refractivity contribution in [1.29, 1.82) is 0 Å². The Morgan fingerprint density at radius 3 is 1.50 bits per heavy atom. The fourth-order valence-electron chi connectivity index (χ4n) is 4.19. The molecule has 4 heterocycles. The summed E-state index contributed by atoms with van der Waals surface area (Å²) in [7, 11) is -13.2. The minimum atomic E-state index is -10.7. The minimum absolute atomic E-state index is 0.828. The van der Waals surface area contributed by atoms with E-state index in [0.29, 0.717) is 0 Å². The first-order chi connectivity index (χ1) is 16.7. The Labute approximate surface area is 205 Å². The molecule has 1 aromatic carbocycles. The van der Waals surface area contributed by atoms with E-state index in [1.54, 1.807) is 4.85 Å². The van der Waals surface area contributed by atoms with Crippen molar-refractivity contribution in [2.45, 2.75) is 38.5 Å². The first kappa shape index (κ1) is 27.6. The fourth-order valence-corrected chi connectivity index (χ4v) is 6.59. The fraction of sp³-hybridized carbons (Fsp3) is 0.667. The predicted molar refractivity (Wildman–Crippen MR) is 126 cm³/mol. The van der Waals surface area contributed by atoms with Gasteiger partial charge in [-0.25, -0.2) is 15.0 Å². The molecule has 0 spiro atoms. The molecule has 3 fully saturated rings. The van der Waals surface area contributed by atoms with Crippen molar-refractivity contribution < 1.29 is 29.8 Å². The zero-order valence-electron chi connectivity index (χ0n) is 19.5. The van der Waals surface area contributed by atoms with Crippen LogP contribution in [0, 0.1) is 0 Å². The van der Waals surface area contributed by atoms with Gasteiger partial charge in [0, 0.05) is 39.3 Å². The molecule has 3 saturated heterocycles. The Morgan fingerprint density at radius 2 is 1.08 bits per heavy atom. The van der Waals surface area contributed by atoms with Crippen LogP contribution in [0.5, 0.6) is 0 Å². The average Bonchev–Trinajstić information content (AvgIpc) is 3.55. The maximum Gasteiger partial charge on any atom is 0.486 e. The molecule has 18 heteroatoms. The summed E-state index contributed by atoms with van der Waals surface area (Å²) in [5.41, 5.74) is 1.70. The van der Waals surface area contributed by atoms with Gasteiger partial charge in [-0.1, -0.05) is 27.7 Å².